The predicted octanol–water partition coefficient (Wildman–Crippen LogP) is 3.31. The fourth-order valence-electron chi connectivity index (χ4n) is 4.12. The van der Waals surface area contributed by atoms with Gasteiger partial charge in [0.2, 0.25) is 0 Å². The first-order chi connectivity index (χ1) is 14.0. The molecule has 0 spiro atoms. The van der Waals surface area contributed by atoms with E-state index in [1.54, 1.807) is 0 Å². The summed E-state index contributed by atoms with van der Waals surface area (Å²) in [4.78, 5) is 10.1. The second-order valence-electron chi connectivity index (χ2n) is 7.79. The van der Waals surface area contributed by atoms with Gasteiger partial charge in [-0.25, -0.2) is 4.98 Å². The third kappa shape index (κ3) is 5.05. The zero-order valence-corrected chi connectivity index (χ0v) is 16.1. The molecule has 156 valence electrons. The molecule has 2 aromatic rings. The van der Waals surface area contributed by atoms with Gasteiger partial charge in [-0.15, -0.1) is 0 Å². The molecular weight excluding hydrogens is 381 g/mol. The van der Waals surface area contributed by atoms with Crippen LogP contribution in [0.5, 0.6) is 0 Å². The minimum Gasteiger partial charge on any atom is -0.379 e. The molecule has 0 radical (unpaired) electrons. The summed E-state index contributed by atoms with van der Waals surface area (Å²) in [6.45, 7) is 3.03. The van der Waals surface area contributed by atoms with Crippen LogP contribution in [0, 0.1) is 5.92 Å². The highest BCUT2D eigenvalue weighted by atomic mass is 19.4. The average Bonchev–Trinajstić information content (AvgIpc) is 3.15. The van der Waals surface area contributed by atoms with Crippen LogP contribution in [0.15, 0.2) is 42.9 Å². The summed E-state index contributed by atoms with van der Waals surface area (Å²) in [5.74, 6) is 1.04. The van der Waals surface area contributed by atoms with Crippen LogP contribution in [0.2, 0.25) is 0 Å². The Hall–Kier alpha value is -2.19. The van der Waals surface area contributed by atoms with Gasteiger partial charge in [0, 0.05) is 49.7 Å². The monoisotopic (exact) mass is 406 g/mol. The first-order valence-corrected chi connectivity index (χ1v) is 10.00. The van der Waals surface area contributed by atoms with Crippen LogP contribution in [0.1, 0.15) is 24.0 Å². The summed E-state index contributed by atoms with van der Waals surface area (Å²) in [7, 11) is 0. The fraction of sp³-hybridized carbons (Fsp3) is 0.524. The van der Waals surface area contributed by atoms with Crippen LogP contribution < -0.4 is 10.2 Å². The molecule has 2 aliphatic rings. The first-order valence-electron chi connectivity index (χ1n) is 10.00. The molecule has 2 fully saturated rings. The molecule has 2 saturated heterocycles. The minimum absolute atomic E-state index is 0.323. The van der Waals surface area contributed by atoms with Crippen molar-refractivity contribution in [3.8, 4) is 0 Å². The van der Waals surface area contributed by atoms with E-state index >= 15 is 0 Å². The van der Waals surface area contributed by atoms with Crippen molar-refractivity contribution in [2.45, 2.75) is 37.5 Å². The topological polar surface area (TPSA) is 50.3 Å². The van der Waals surface area contributed by atoms with Crippen molar-refractivity contribution in [3.63, 3.8) is 0 Å². The van der Waals surface area contributed by atoms with Crippen molar-refractivity contribution in [2.24, 2.45) is 5.92 Å². The van der Waals surface area contributed by atoms with E-state index in [2.05, 4.69) is 20.2 Å². The molecule has 1 N–H and O–H groups in total. The highest BCUT2D eigenvalue weighted by Gasteiger charge is 2.32. The maximum Gasteiger partial charge on any atom is 0.417 e. The Kier molecular flexibility index (Phi) is 6.01. The molecule has 4 heterocycles. The Balaban J connectivity index is 1.28. The maximum atomic E-state index is 12.7. The molecule has 5 nitrogen and oxygen atoms in total. The molecule has 0 unspecified atom stereocenters. The van der Waals surface area contributed by atoms with Crippen LogP contribution in [0.3, 0.4) is 0 Å². The van der Waals surface area contributed by atoms with Crippen molar-refractivity contribution < 1.29 is 17.9 Å². The molecule has 0 saturated carbocycles. The van der Waals surface area contributed by atoms with Gasteiger partial charge in [0.05, 0.1) is 18.8 Å². The molecule has 8 heteroatoms. The van der Waals surface area contributed by atoms with E-state index in [0.717, 1.165) is 57.8 Å². The molecule has 29 heavy (non-hydrogen) atoms. The Morgan fingerprint density at radius 1 is 1.07 bits per heavy atom. The Morgan fingerprint density at radius 2 is 1.83 bits per heavy atom. The van der Waals surface area contributed by atoms with Crippen molar-refractivity contribution in [2.75, 3.05) is 31.2 Å². The van der Waals surface area contributed by atoms with E-state index in [1.807, 2.05) is 24.5 Å². The quantitative estimate of drug-likeness (QED) is 0.826. The van der Waals surface area contributed by atoms with E-state index in [1.165, 1.54) is 11.6 Å². The van der Waals surface area contributed by atoms with Gasteiger partial charge < -0.3 is 15.0 Å². The van der Waals surface area contributed by atoms with Crippen LogP contribution in [-0.4, -0.2) is 48.4 Å². The normalized spacial score (nSPS) is 23.5. The number of anilines is 1. The molecule has 4 rings (SSSR count). The Morgan fingerprint density at radius 3 is 2.48 bits per heavy atom. The summed E-state index contributed by atoms with van der Waals surface area (Å²) in [5, 5.41) is 3.75. The molecule has 0 amide bonds. The van der Waals surface area contributed by atoms with Gasteiger partial charge in [0.25, 0.3) is 0 Å². The number of aromatic nitrogens is 2. The second kappa shape index (κ2) is 8.67. The first kappa shape index (κ1) is 20.1. The lowest BCUT2D eigenvalue weighted by Gasteiger charge is -2.35. The lowest BCUT2D eigenvalue weighted by atomic mass is 9.93. The number of hydrogen-bond acceptors (Lipinski definition) is 5. The maximum absolute atomic E-state index is 12.7. The van der Waals surface area contributed by atoms with Gasteiger partial charge in [0.15, 0.2) is 0 Å². The van der Waals surface area contributed by atoms with Crippen molar-refractivity contribution in [1.29, 1.82) is 0 Å². The van der Waals surface area contributed by atoms with Crippen molar-refractivity contribution >= 4 is 5.82 Å². The lowest BCUT2D eigenvalue weighted by molar-refractivity contribution is -0.137. The number of nitrogens with one attached hydrogen (secondary N) is 1. The highest BCUT2D eigenvalue weighted by molar-refractivity contribution is 5.40. The third-order valence-electron chi connectivity index (χ3n) is 5.79. The fourth-order valence-corrected chi connectivity index (χ4v) is 4.12. The largest absolute Gasteiger partial charge is 0.417 e. The standard InChI is InChI=1S/C21H25F3N4O/c22-21(23,24)17-1-2-20(26-12-17)28-9-5-18(6-10-28)27-19-14-29-13-16(19)11-15-3-7-25-8-4-15/h1-4,7-8,12,16,18-19,27H,5-6,9-11,13-14H2/t16-,19+/m1/s1. The number of hydrogen-bond donors (Lipinski definition) is 1. The molecular formula is C21H25F3N4O. The zero-order chi connectivity index (χ0) is 20.3. The Labute approximate surface area is 168 Å². The number of halogens is 3. The molecule has 0 bridgehead atoms. The summed E-state index contributed by atoms with van der Waals surface area (Å²) >= 11 is 0. The highest BCUT2D eigenvalue weighted by Crippen LogP contribution is 2.30. The number of rotatable bonds is 5. The number of nitrogens with zero attached hydrogens (tertiary/aromatic N) is 3. The van der Waals surface area contributed by atoms with E-state index in [-0.39, 0.29) is 0 Å². The number of ether oxygens (including phenoxy) is 1. The van der Waals surface area contributed by atoms with E-state index in [9.17, 15) is 13.2 Å². The summed E-state index contributed by atoms with van der Waals surface area (Å²) < 4.78 is 43.8. The summed E-state index contributed by atoms with van der Waals surface area (Å²) in [6, 6.07) is 7.37. The van der Waals surface area contributed by atoms with E-state index in [4.69, 9.17) is 4.74 Å². The zero-order valence-electron chi connectivity index (χ0n) is 16.1. The number of alkyl halides is 3. The molecule has 2 atom stereocenters. The van der Waals surface area contributed by atoms with E-state index < -0.39 is 11.7 Å². The lowest BCUT2D eigenvalue weighted by Crippen LogP contribution is -2.49. The summed E-state index contributed by atoms with van der Waals surface area (Å²) in [5.41, 5.74) is 0.560. The SMILES string of the molecule is FC(F)(F)c1ccc(N2CCC(N[C@H]3COC[C@H]3Cc3ccncc3)CC2)nc1. The number of piperidine rings is 1. The van der Waals surface area contributed by atoms with Crippen molar-refractivity contribution in [3.05, 3.63) is 54.0 Å². The molecule has 2 aliphatic heterocycles. The van der Waals surface area contributed by atoms with Gasteiger partial charge >= 0.3 is 6.18 Å². The second-order valence-corrected chi connectivity index (χ2v) is 7.79. The smallest absolute Gasteiger partial charge is 0.379 e. The van der Waals surface area contributed by atoms with Crippen LogP contribution in [-0.2, 0) is 17.3 Å². The molecule has 0 aromatic carbocycles. The van der Waals surface area contributed by atoms with E-state index in [0.29, 0.717) is 23.8 Å². The molecule has 0 aliphatic carbocycles. The third-order valence-corrected chi connectivity index (χ3v) is 5.79. The Bertz CT molecular complexity index is 777. The van der Waals surface area contributed by atoms with Gasteiger partial charge in [-0.3, -0.25) is 4.98 Å². The van der Waals surface area contributed by atoms with Crippen LogP contribution in [0.25, 0.3) is 0 Å². The summed E-state index contributed by atoms with van der Waals surface area (Å²) in [6.07, 6.45) is 3.03. The minimum atomic E-state index is -4.35. The average molecular weight is 406 g/mol. The van der Waals surface area contributed by atoms with Gasteiger partial charge in [-0.05, 0) is 49.1 Å². The molecule has 2 aromatic heterocycles. The van der Waals surface area contributed by atoms with Crippen molar-refractivity contribution in [1.82, 2.24) is 15.3 Å². The van der Waals surface area contributed by atoms with Crippen LogP contribution >= 0.6 is 0 Å². The van der Waals surface area contributed by atoms with Gasteiger partial charge in [-0.2, -0.15) is 13.2 Å². The number of pyridine rings is 2. The van der Waals surface area contributed by atoms with Crippen LogP contribution in [0.4, 0.5) is 19.0 Å². The van der Waals surface area contributed by atoms with Gasteiger partial charge in [-0.1, -0.05) is 0 Å². The van der Waals surface area contributed by atoms with Gasteiger partial charge in [0.1, 0.15) is 5.82 Å². The predicted molar refractivity (Wildman–Crippen MR) is 104 cm³/mol.